The Morgan fingerprint density at radius 1 is 1.22 bits per heavy atom. The van der Waals surface area contributed by atoms with E-state index in [-0.39, 0.29) is 11.7 Å². The summed E-state index contributed by atoms with van der Waals surface area (Å²) in [6.07, 6.45) is 3.36. The molecule has 1 aliphatic rings. The smallest absolute Gasteiger partial charge is 0.265 e. The molecule has 0 saturated heterocycles. The number of anilines is 1. The number of carbonyl (C=O) groups excluding carboxylic acids is 1. The lowest BCUT2D eigenvalue weighted by atomic mass is 10.2. The Morgan fingerprint density at radius 3 is 2.72 bits per heavy atom. The molecule has 0 aliphatic heterocycles. The second-order valence-corrected chi connectivity index (χ2v) is 5.51. The average molecular weight is 261 g/mol. The van der Waals surface area contributed by atoms with Gasteiger partial charge in [-0.25, -0.2) is 4.39 Å². The number of thiophene rings is 1. The van der Waals surface area contributed by atoms with E-state index >= 15 is 0 Å². The molecule has 1 aliphatic carbocycles. The summed E-state index contributed by atoms with van der Waals surface area (Å²) < 4.78 is 12.7. The van der Waals surface area contributed by atoms with Gasteiger partial charge in [-0.2, -0.15) is 0 Å². The van der Waals surface area contributed by atoms with Gasteiger partial charge in [-0.3, -0.25) is 4.79 Å². The predicted molar refractivity (Wildman–Crippen MR) is 70.7 cm³/mol. The van der Waals surface area contributed by atoms with Crippen molar-refractivity contribution in [2.24, 2.45) is 0 Å². The van der Waals surface area contributed by atoms with E-state index in [9.17, 15) is 9.18 Å². The highest BCUT2D eigenvalue weighted by Gasteiger charge is 2.18. The van der Waals surface area contributed by atoms with Crippen LogP contribution in [0.15, 0.2) is 30.3 Å². The molecule has 0 unspecified atom stereocenters. The first kappa shape index (κ1) is 11.4. The molecule has 3 rings (SSSR count). The van der Waals surface area contributed by atoms with Crippen LogP contribution in [0.2, 0.25) is 0 Å². The van der Waals surface area contributed by atoms with E-state index < -0.39 is 0 Å². The molecule has 0 atom stereocenters. The van der Waals surface area contributed by atoms with Crippen LogP contribution in [-0.2, 0) is 12.8 Å². The fourth-order valence-corrected chi connectivity index (χ4v) is 3.32. The van der Waals surface area contributed by atoms with Crippen LogP contribution in [0.5, 0.6) is 0 Å². The van der Waals surface area contributed by atoms with Gasteiger partial charge in [-0.1, -0.05) is 0 Å². The van der Waals surface area contributed by atoms with E-state index in [1.807, 2.05) is 6.07 Å². The lowest BCUT2D eigenvalue weighted by Gasteiger charge is -2.03. The third kappa shape index (κ3) is 2.16. The van der Waals surface area contributed by atoms with Crippen molar-refractivity contribution in [1.29, 1.82) is 0 Å². The van der Waals surface area contributed by atoms with Gasteiger partial charge in [-0.15, -0.1) is 11.3 Å². The number of amides is 1. The number of benzene rings is 1. The third-order valence-corrected chi connectivity index (χ3v) is 4.31. The SMILES string of the molecule is O=C(Nc1ccc(F)cc1)c1cc2c(s1)CCC2. The van der Waals surface area contributed by atoms with Crippen LogP contribution < -0.4 is 5.32 Å². The minimum Gasteiger partial charge on any atom is -0.321 e. The number of halogens is 1. The first-order valence-electron chi connectivity index (χ1n) is 5.91. The van der Waals surface area contributed by atoms with Gasteiger partial charge < -0.3 is 5.32 Å². The number of hydrogen-bond donors (Lipinski definition) is 1. The Hall–Kier alpha value is -1.68. The maximum Gasteiger partial charge on any atom is 0.265 e. The fourth-order valence-electron chi connectivity index (χ4n) is 2.17. The largest absolute Gasteiger partial charge is 0.321 e. The summed E-state index contributed by atoms with van der Waals surface area (Å²) >= 11 is 1.57. The molecule has 1 aromatic carbocycles. The van der Waals surface area contributed by atoms with Crippen LogP contribution in [0.25, 0.3) is 0 Å². The van der Waals surface area contributed by atoms with Crippen molar-refractivity contribution in [3.05, 3.63) is 51.5 Å². The van der Waals surface area contributed by atoms with Crippen molar-refractivity contribution in [1.82, 2.24) is 0 Å². The molecule has 0 radical (unpaired) electrons. The number of rotatable bonds is 2. The Bertz CT molecular complexity index is 567. The Morgan fingerprint density at radius 2 is 2.00 bits per heavy atom. The minimum absolute atomic E-state index is 0.110. The number of carbonyl (C=O) groups is 1. The summed E-state index contributed by atoms with van der Waals surface area (Å²) in [5.74, 6) is -0.413. The molecule has 2 aromatic rings. The minimum atomic E-state index is -0.303. The van der Waals surface area contributed by atoms with Gasteiger partial charge in [0.05, 0.1) is 4.88 Å². The number of nitrogens with one attached hydrogen (secondary N) is 1. The monoisotopic (exact) mass is 261 g/mol. The topological polar surface area (TPSA) is 29.1 Å². The van der Waals surface area contributed by atoms with Gasteiger partial charge in [0, 0.05) is 10.6 Å². The van der Waals surface area contributed by atoms with Gasteiger partial charge in [0.2, 0.25) is 0 Å². The summed E-state index contributed by atoms with van der Waals surface area (Å²) in [7, 11) is 0. The zero-order chi connectivity index (χ0) is 12.5. The molecule has 92 valence electrons. The lowest BCUT2D eigenvalue weighted by Crippen LogP contribution is -2.10. The van der Waals surface area contributed by atoms with Gasteiger partial charge in [0.1, 0.15) is 5.82 Å². The predicted octanol–water partition coefficient (Wildman–Crippen LogP) is 3.63. The van der Waals surface area contributed by atoms with Crippen LogP contribution in [0.1, 0.15) is 26.5 Å². The Labute approximate surface area is 108 Å². The van der Waals surface area contributed by atoms with Crippen LogP contribution in [0.4, 0.5) is 10.1 Å². The zero-order valence-corrected chi connectivity index (χ0v) is 10.5. The van der Waals surface area contributed by atoms with Crippen molar-refractivity contribution in [2.45, 2.75) is 19.3 Å². The highest BCUT2D eigenvalue weighted by molar-refractivity contribution is 7.14. The van der Waals surface area contributed by atoms with Crippen LogP contribution in [-0.4, -0.2) is 5.91 Å². The van der Waals surface area contributed by atoms with Gasteiger partial charge in [0.15, 0.2) is 0 Å². The Kier molecular flexibility index (Phi) is 2.88. The second-order valence-electron chi connectivity index (χ2n) is 4.37. The summed E-state index contributed by atoms with van der Waals surface area (Å²) in [6.45, 7) is 0. The van der Waals surface area contributed by atoms with Crippen molar-refractivity contribution in [3.63, 3.8) is 0 Å². The van der Waals surface area contributed by atoms with Crippen LogP contribution in [0.3, 0.4) is 0 Å². The third-order valence-electron chi connectivity index (χ3n) is 3.07. The highest BCUT2D eigenvalue weighted by Crippen LogP contribution is 2.30. The standard InChI is InChI=1S/C14H12FNOS/c15-10-4-6-11(7-5-10)16-14(17)13-8-9-2-1-3-12(9)18-13/h4-8H,1-3H2,(H,16,17). The van der Waals surface area contributed by atoms with E-state index in [1.165, 1.54) is 29.0 Å². The van der Waals surface area contributed by atoms with Gasteiger partial charge in [-0.05, 0) is 55.2 Å². The zero-order valence-electron chi connectivity index (χ0n) is 9.70. The lowest BCUT2D eigenvalue weighted by molar-refractivity contribution is 0.103. The highest BCUT2D eigenvalue weighted by atomic mass is 32.1. The van der Waals surface area contributed by atoms with E-state index in [0.29, 0.717) is 5.69 Å². The molecule has 1 amide bonds. The average Bonchev–Trinajstić information content (AvgIpc) is 2.92. The number of fused-ring (bicyclic) bond motifs is 1. The van der Waals surface area contributed by atoms with E-state index in [2.05, 4.69) is 5.32 Å². The summed E-state index contributed by atoms with van der Waals surface area (Å²) in [5.41, 5.74) is 1.93. The van der Waals surface area contributed by atoms with Crippen molar-refractivity contribution in [2.75, 3.05) is 5.32 Å². The molecule has 0 fully saturated rings. The summed E-state index contributed by atoms with van der Waals surface area (Å²) in [5, 5.41) is 2.78. The summed E-state index contributed by atoms with van der Waals surface area (Å²) in [6, 6.07) is 7.78. The normalized spacial score (nSPS) is 13.4. The van der Waals surface area contributed by atoms with Gasteiger partial charge in [0.25, 0.3) is 5.91 Å². The van der Waals surface area contributed by atoms with E-state index in [0.717, 1.165) is 17.7 Å². The van der Waals surface area contributed by atoms with Crippen molar-refractivity contribution in [3.8, 4) is 0 Å². The molecule has 18 heavy (non-hydrogen) atoms. The number of aryl methyl sites for hydroxylation is 2. The van der Waals surface area contributed by atoms with Gasteiger partial charge >= 0.3 is 0 Å². The Balaban J connectivity index is 1.76. The first-order valence-corrected chi connectivity index (χ1v) is 6.72. The van der Waals surface area contributed by atoms with Crippen LogP contribution >= 0.6 is 11.3 Å². The maximum absolute atomic E-state index is 12.7. The molecule has 1 heterocycles. The molecule has 2 nitrogen and oxygen atoms in total. The molecule has 1 N–H and O–H groups in total. The van der Waals surface area contributed by atoms with E-state index in [1.54, 1.807) is 23.5 Å². The molecule has 4 heteroatoms. The maximum atomic E-state index is 12.7. The molecular weight excluding hydrogens is 249 g/mol. The fraction of sp³-hybridized carbons (Fsp3) is 0.214. The second kappa shape index (κ2) is 4.53. The number of hydrogen-bond acceptors (Lipinski definition) is 2. The molecular formula is C14H12FNOS. The summed E-state index contributed by atoms with van der Waals surface area (Å²) in [4.78, 5) is 14.1. The molecule has 0 spiro atoms. The van der Waals surface area contributed by atoms with Crippen molar-refractivity contribution < 1.29 is 9.18 Å². The van der Waals surface area contributed by atoms with Crippen molar-refractivity contribution >= 4 is 22.9 Å². The molecule has 0 bridgehead atoms. The molecule has 0 saturated carbocycles. The first-order chi connectivity index (χ1) is 8.72. The quantitative estimate of drug-likeness (QED) is 0.878. The van der Waals surface area contributed by atoms with E-state index in [4.69, 9.17) is 0 Å². The molecule has 1 aromatic heterocycles. The van der Waals surface area contributed by atoms with Crippen LogP contribution in [0, 0.1) is 5.82 Å².